The van der Waals surface area contributed by atoms with Gasteiger partial charge in [-0.1, -0.05) is 13.3 Å². The number of carbonyl (C=O) groups excluding carboxylic acids is 1. The quantitative estimate of drug-likeness (QED) is 0.169. The maximum Gasteiger partial charge on any atom is 0.339 e. The number of esters is 1. The third-order valence-electron chi connectivity index (χ3n) is 8.23. The molecule has 1 aromatic carbocycles. The van der Waals surface area contributed by atoms with Crippen LogP contribution in [0.2, 0.25) is 0 Å². The number of hydrogen-bond donors (Lipinski definition) is 1. The highest BCUT2D eigenvalue weighted by molar-refractivity contribution is 7.85. The molecule has 2 aliphatic heterocycles. The van der Waals surface area contributed by atoms with E-state index in [0.717, 1.165) is 53.3 Å². The Morgan fingerprint density at radius 3 is 1.82 bits per heavy atom. The van der Waals surface area contributed by atoms with Crippen molar-refractivity contribution >= 4 is 49.0 Å². The van der Waals surface area contributed by atoms with Crippen LogP contribution < -0.4 is 0 Å². The first kappa shape index (κ1) is 31.4. The van der Waals surface area contributed by atoms with Crippen LogP contribution in [0.5, 0.6) is 0 Å². The highest BCUT2D eigenvalue weighted by Gasteiger charge is 2.54. The number of unbranched alkanes of at least 4 members (excludes halogenated alkanes) is 1. The molecule has 0 fully saturated rings. The molecule has 0 aromatic heterocycles. The van der Waals surface area contributed by atoms with Crippen molar-refractivity contribution < 1.29 is 44.6 Å². The topological polar surface area (TPSA) is 144 Å². The van der Waals surface area contributed by atoms with Gasteiger partial charge < -0.3 is 9.29 Å². The molecule has 0 spiro atoms. The van der Waals surface area contributed by atoms with Crippen molar-refractivity contribution in [3.05, 3.63) is 22.8 Å². The number of ether oxygens (including phenoxy) is 1. The fourth-order valence-corrected chi connectivity index (χ4v) is 6.68. The third kappa shape index (κ3) is 6.28. The van der Waals surface area contributed by atoms with Crippen LogP contribution in [-0.2, 0) is 35.8 Å². The summed E-state index contributed by atoms with van der Waals surface area (Å²) in [5, 5.41) is 0. The zero-order valence-corrected chi connectivity index (χ0v) is 25.6. The molecule has 0 unspecified atom stereocenters. The molecule has 0 saturated heterocycles. The first-order valence-electron chi connectivity index (χ1n) is 13.4. The second kappa shape index (κ2) is 11.0. The van der Waals surface area contributed by atoms with Gasteiger partial charge in [0, 0.05) is 32.4 Å². The van der Waals surface area contributed by atoms with E-state index in [1.165, 1.54) is 0 Å². The predicted octanol–water partition coefficient (Wildman–Crippen LogP) is 3.65. The van der Waals surface area contributed by atoms with E-state index in [4.69, 9.17) is 9.29 Å². The van der Waals surface area contributed by atoms with Gasteiger partial charge in [-0.15, -0.1) is 0 Å². The Morgan fingerprint density at radius 2 is 1.38 bits per heavy atom. The van der Waals surface area contributed by atoms with E-state index >= 15 is 0 Å². The van der Waals surface area contributed by atoms with Crippen molar-refractivity contribution in [3.8, 4) is 0 Å². The van der Waals surface area contributed by atoms with Gasteiger partial charge in [-0.05, 0) is 34.1 Å². The normalized spacial score (nSPS) is 18.0. The lowest BCUT2D eigenvalue weighted by Gasteiger charge is -2.23. The molecular weight excluding hydrogens is 544 g/mol. The fourth-order valence-electron chi connectivity index (χ4n) is 5.72. The average molecular weight is 586 g/mol. The predicted molar refractivity (Wildman–Crippen MR) is 149 cm³/mol. The van der Waals surface area contributed by atoms with Crippen molar-refractivity contribution in [3.63, 3.8) is 0 Å². The monoisotopic (exact) mass is 585 g/mol. The summed E-state index contributed by atoms with van der Waals surface area (Å²) in [4.78, 5) is 13.8. The summed E-state index contributed by atoms with van der Waals surface area (Å²) >= 11 is 0. The number of carbonyl (C=O) groups is 1. The molecule has 39 heavy (non-hydrogen) atoms. The molecule has 12 heteroatoms. The summed E-state index contributed by atoms with van der Waals surface area (Å²) in [7, 11) is -8.54. The number of nitrogens with zero attached hydrogens (tertiary/aromatic N) is 2. The molecule has 3 rings (SSSR count). The van der Waals surface area contributed by atoms with E-state index < -0.39 is 48.5 Å². The van der Waals surface area contributed by atoms with Gasteiger partial charge in [0.05, 0.1) is 56.1 Å². The Balaban J connectivity index is 2.21. The molecule has 0 atom stereocenters. The Hall–Kier alpha value is -2.15. The van der Waals surface area contributed by atoms with Crippen LogP contribution in [0.4, 0.5) is 11.4 Å². The van der Waals surface area contributed by atoms with E-state index in [9.17, 15) is 26.2 Å². The second-order valence-electron chi connectivity index (χ2n) is 11.5. The highest BCUT2D eigenvalue weighted by Crippen LogP contribution is 2.51. The van der Waals surface area contributed by atoms with Gasteiger partial charge in [0.2, 0.25) is 11.4 Å². The summed E-state index contributed by atoms with van der Waals surface area (Å²) in [5.74, 6) is -1.56. The summed E-state index contributed by atoms with van der Waals surface area (Å²) in [6.07, 6.45) is 2.04. The first-order valence-corrected chi connectivity index (χ1v) is 16.5. The fraction of sp³-hybridized carbons (Fsp3) is 0.667. The van der Waals surface area contributed by atoms with Gasteiger partial charge in [0.15, 0.2) is 11.4 Å². The number of fused-ring (bicyclic) bond motifs is 2. The van der Waals surface area contributed by atoms with E-state index in [0.29, 0.717) is 12.1 Å². The number of hydrogen-bond acceptors (Lipinski definition) is 7. The smallest absolute Gasteiger partial charge is 0.339 e. The van der Waals surface area contributed by atoms with Crippen molar-refractivity contribution in [1.29, 1.82) is 0 Å². The van der Waals surface area contributed by atoms with Crippen LogP contribution in [0.3, 0.4) is 0 Å². The van der Waals surface area contributed by atoms with Crippen LogP contribution in [0.25, 0.3) is 0 Å². The molecule has 0 saturated carbocycles. The molecule has 0 radical (unpaired) electrons. The molecule has 0 aliphatic carbocycles. The standard InChI is InChI=1S/C27H40N2O8S2/c1-8-9-12-28-18(2)26(4,5)23-20(28)17-21-24(22(23)25(30)37-14-11-16-39(34,35)36)27(6,7)19(3)29(21)13-10-15-38(31,32)33/h17H,8-16H2,1-7H3/p+1. The van der Waals surface area contributed by atoms with Crippen molar-refractivity contribution in [1.82, 2.24) is 0 Å². The van der Waals surface area contributed by atoms with Gasteiger partial charge in [-0.25, -0.2) is 13.2 Å². The molecule has 2 heterocycles. The zero-order valence-electron chi connectivity index (χ0n) is 24.0. The lowest BCUT2D eigenvalue weighted by molar-refractivity contribution is -0.447. The molecule has 1 N–H and O–H groups in total. The minimum Gasteiger partial charge on any atom is -0.748 e. The van der Waals surface area contributed by atoms with Gasteiger partial charge in [0.1, 0.15) is 13.1 Å². The maximum absolute atomic E-state index is 13.8. The van der Waals surface area contributed by atoms with E-state index in [1.807, 2.05) is 25.3 Å². The summed E-state index contributed by atoms with van der Waals surface area (Å²) in [6, 6.07) is 2.07. The molecule has 2 aliphatic rings. The van der Waals surface area contributed by atoms with Gasteiger partial charge in [-0.2, -0.15) is 17.6 Å². The van der Waals surface area contributed by atoms with Crippen LogP contribution in [-0.4, -0.2) is 83.7 Å². The van der Waals surface area contributed by atoms with Gasteiger partial charge in [-0.3, -0.25) is 4.55 Å². The van der Waals surface area contributed by atoms with Crippen LogP contribution >= 0.6 is 0 Å². The lowest BCUT2D eigenvalue weighted by Crippen LogP contribution is -2.32. The number of rotatable bonds is 12. The van der Waals surface area contributed by atoms with Gasteiger partial charge >= 0.3 is 5.97 Å². The maximum atomic E-state index is 13.8. The molecule has 0 bridgehead atoms. The Morgan fingerprint density at radius 1 is 0.897 bits per heavy atom. The summed E-state index contributed by atoms with van der Waals surface area (Å²) < 4.78 is 75.1. The molecule has 1 aromatic rings. The average Bonchev–Trinajstić information content (AvgIpc) is 3.11. The summed E-state index contributed by atoms with van der Waals surface area (Å²) in [5.41, 5.74) is 4.63. The lowest BCUT2D eigenvalue weighted by atomic mass is 9.73. The summed E-state index contributed by atoms with van der Waals surface area (Å²) in [6.45, 7) is 15.1. The third-order valence-corrected chi connectivity index (χ3v) is 9.82. The zero-order chi connectivity index (χ0) is 29.6. The van der Waals surface area contributed by atoms with Crippen LogP contribution in [0, 0.1) is 0 Å². The molecule has 10 nitrogen and oxygen atoms in total. The van der Waals surface area contributed by atoms with Gasteiger partial charge in [0.25, 0.3) is 10.1 Å². The van der Waals surface area contributed by atoms with Crippen LogP contribution in [0.1, 0.15) is 95.6 Å². The molecular formula is C27H41N2O8S2+. The van der Waals surface area contributed by atoms with E-state index in [2.05, 4.69) is 38.3 Å². The minimum absolute atomic E-state index is 0.0384. The second-order valence-corrected chi connectivity index (χ2v) is 14.6. The Labute approximate surface area is 232 Å². The van der Waals surface area contributed by atoms with E-state index in [-0.39, 0.29) is 19.4 Å². The SMILES string of the molecule is CCCC[N+]1=C(C)C(C)(C)c2c1cc1c(c2C(=O)OCCCS(=O)(=O)O)C(C)(C)C(C)=[N+]1CCCS(=O)(=O)[O-]. The van der Waals surface area contributed by atoms with E-state index in [1.54, 1.807) is 0 Å². The number of benzene rings is 1. The van der Waals surface area contributed by atoms with Crippen LogP contribution in [0.15, 0.2) is 6.07 Å². The molecule has 0 amide bonds. The highest BCUT2D eigenvalue weighted by atomic mass is 32.2. The Bertz CT molecular complexity index is 1450. The van der Waals surface area contributed by atoms with Crippen molar-refractivity contribution in [2.45, 2.75) is 85.0 Å². The van der Waals surface area contributed by atoms with Crippen molar-refractivity contribution in [2.75, 3.05) is 31.2 Å². The first-order chi connectivity index (χ1) is 17.8. The minimum atomic E-state index is -4.37. The largest absolute Gasteiger partial charge is 0.748 e. The molecule has 218 valence electrons. The van der Waals surface area contributed by atoms with Crippen molar-refractivity contribution in [2.24, 2.45) is 0 Å². The Kier molecular flexibility index (Phi) is 8.87.